The highest BCUT2D eigenvalue weighted by Crippen LogP contribution is 2.14. The van der Waals surface area contributed by atoms with Crippen LogP contribution in [-0.2, 0) is 16.0 Å². The summed E-state index contributed by atoms with van der Waals surface area (Å²) < 4.78 is 11.1. The molecule has 0 spiro atoms. The molecule has 0 unspecified atom stereocenters. The van der Waals surface area contributed by atoms with E-state index in [2.05, 4.69) is 25.8 Å². The van der Waals surface area contributed by atoms with E-state index < -0.39 is 0 Å². The van der Waals surface area contributed by atoms with E-state index in [0.717, 1.165) is 63.9 Å². The zero-order chi connectivity index (χ0) is 15.5. The van der Waals surface area contributed by atoms with Crippen LogP contribution in [0, 0.1) is 5.92 Å². The highest BCUT2D eigenvalue weighted by Gasteiger charge is 2.13. The van der Waals surface area contributed by atoms with Gasteiger partial charge in [-0.05, 0) is 31.2 Å². The topological polar surface area (TPSA) is 83.6 Å². The lowest BCUT2D eigenvalue weighted by atomic mass is 10.0. The molecular formula is C15H27N5O2. The fraction of sp³-hybridized carbons (Fsp3) is 0.733. The number of H-pyrrole nitrogens is 1. The molecule has 1 aromatic rings. The largest absolute Gasteiger partial charge is 0.381 e. The van der Waals surface area contributed by atoms with Crippen LogP contribution >= 0.6 is 0 Å². The first-order valence-electron chi connectivity index (χ1n) is 7.96. The van der Waals surface area contributed by atoms with Crippen molar-refractivity contribution >= 4 is 5.96 Å². The minimum absolute atomic E-state index is 0.672. The van der Waals surface area contributed by atoms with E-state index in [0.29, 0.717) is 12.5 Å². The van der Waals surface area contributed by atoms with Gasteiger partial charge in [0.2, 0.25) is 0 Å². The molecule has 0 saturated carbocycles. The predicted molar refractivity (Wildman–Crippen MR) is 85.8 cm³/mol. The highest BCUT2D eigenvalue weighted by molar-refractivity contribution is 5.79. The number of rotatable bonds is 8. The van der Waals surface area contributed by atoms with Crippen LogP contribution in [0.2, 0.25) is 0 Å². The summed E-state index contributed by atoms with van der Waals surface area (Å²) in [7, 11) is 1.77. The van der Waals surface area contributed by atoms with Crippen LogP contribution in [0.3, 0.4) is 0 Å². The number of aromatic amines is 1. The molecule has 1 saturated heterocycles. The summed E-state index contributed by atoms with van der Waals surface area (Å²) >= 11 is 0. The molecule has 0 aromatic carbocycles. The second kappa shape index (κ2) is 10.2. The number of hydrogen-bond donors (Lipinski definition) is 3. The van der Waals surface area contributed by atoms with E-state index in [1.54, 1.807) is 13.2 Å². The van der Waals surface area contributed by atoms with Crippen molar-refractivity contribution in [3.05, 3.63) is 18.0 Å². The minimum atomic E-state index is 0.672. The van der Waals surface area contributed by atoms with Crippen molar-refractivity contribution in [2.75, 3.05) is 40.0 Å². The summed E-state index contributed by atoms with van der Waals surface area (Å²) in [4.78, 5) is 4.18. The first-order valence-corrected chi connectivity index (χ1v) is 7.96. The average molecular weight is 309 g/mol. The number of guanidine groups is 1. The zero-order valence-corrected chi connectivity index (χ0v) is 13.3. The Hall–Kier alpha value is -1.60. The third-order valence-electron chi connectivity index (χ3n) is 3.68. The fourth-order valence-electron chi connectivity index (χ4n) is 2.33. The maximum absolute atomic E-state index is 5.74. The molecule has 1 aliphatic heterocycles. The zero-order valence-electron chi connectivity index (χ0n) is 13.3. The molecule has 0 aliphatic carbocycles. The van der Waals surface area contributed by atoms with Gasteiger partial charge >= 0.3 is 0 Å². The Labute approximate surface area is 131 Å². The predicted octanol–water partition coefficient (Wildman–Crippen LogP) is 0.908. The SMILES string of the molecule is CN=C(NCCCOCC1CCOCC1)NCc1ccn[nH]1. The number of nitrogens with zero attached hydrogens (tertiary/aromatic N) is 2. The summed E-state index contributed by atoms with van der Waals surface area (Å²) in [5.41, 5.74) is 1.03. The molecule has 124 valence electrons. The Balaban J connectivity index is 1.47. The van der Waals surface area contributed by atoms with Gasteiger partial charge in [-0.15, -0.1) is 0 Å². The maximum atomic E-state index is 5.74. The van der Waals surface area contributed by atoms with Gasteiger partial charge in [-0.25, -0.2) is 0 Å². The molecule has 2 heterocycles. The van der Waals surface area contributed by atoms with Gasteiger partial charge in [0.25, 0.3) is 0 Å². The lowest BCUT2D eigenvalue weighted by Crippen LogP contribution is -2.37. The van der Waals surface area contributed by atoms with Crippen molar-refractivity contribution in [3.63, 3.8) is 0 Å². The summed E-state index contributed by atoms with van der Waals surface area (Å²) in [6, 6.07) is 1.93. The van der Waals surface area contributed by atoms with E-state index in [1.165, 1.54) is 0 Å². The lowest BCUT2D eigenvalue weighted by Gasteiger charge is -2.21. The molecule has 7 heteroatoms. The second-order valence-electron chi connectivity index (χ2n) is 5.42. The quantitative estimate of drug-likeness (QED) is 0.378. The van der Waals surface area contributed by atoms with Crippen molar-refractivity contribution in [1.29, 1.82) is 0 Å². The molecule has 2 rings (SSSR count). The molecule has 1 aliphatic rings. The third-order valence-corrected chi connectivity index (χ3v) is 3.68. The van der Waals surface area contributed by atoms with E-state index >= 15 is 0 Å². The summed E-state index contributed by atoms with van der Waals surface area (Å²) in [6.45, 7) is 4.93. The van der Waals surface area contributed by atoms with Gasteiger partial charge in [0, 0.05) is 46.2 Å². The molecule has 3 N–H and O–H groups in total. The van der Waals surface area contributed by atoms with Gasteiger partial charge in [-0.3, -0.25) is 10.1 Å². The Morgan fingerprint density at radius 1 is 1.45 bits per heavy atom. The molecule has 1 aromatic heterocycles. The minimum Gasteiger partial charge on any atom is -0.381 e. The Morgan fingerprint density at radius 3 is 3.05 bits per heavy atom. The van der Waals surface area contributed by atoms with Crippen LogP contribution in [0.25, 0.3) is 0 Å². The molecule has 7 nitrogen and oxygen atoms in total. The molecule has 0 amide bonds. The summed E-state index contributed by atoms with van der Waals surface area (Å²) in [6.07, 6.45) is 4.96. The highest BCUT2D eigenvalue weighted by atomic mass is 16.5. The van der Waals surface area contributed by atoms with Crippen molar-refractivity contribution in [2.45, 2.75) is 25.8 Å². The number of nitrogens with one attached hydrogen (secondary N) is 3. The normalized spacial score (nSPS) is 16.7. The smallest absolute Gasteiger partial charge is 0.191 e. The van der Waals surface area contributed by atoms with E-state index in [1.807, 2.05) is 6.07 Å². The van der Waals surface area contributed by atoms with Gasteiger partial charge in [0.15, 0.2) is 5.96 Å². The van der Waals surface area contributed by atoms with Crippen molar-refractivity contribution in [3.8, 4) is 0 Å². The van der Waals surface area contributed by atoms with Crippen LogP contribution in [-0.4, -0.2) is 56.2 Å². The summed E-state index contributed by atoms with van der Waals surface area (Å²) in [5.74, 6) is 1.46. The molecule has 1 fully saturated rings. The van der Waals surface area contributed by atoms with Gasteiger partial charge < -0.3 is 20.1 Å². The Bertz CT molecular complexity index is 416. The Morgan fingerprint density at radius 2 is 2.32 bits per heavy atom. The Kier molecular flexibility index (Phi) is 7.76. The van der Waals surface area contributed by atoms with Crippen LogP contribution in [0.15, 0.2) is 17.3 Å². The molecule has 0 bridgehead atoms. The van der Waals surface area contributed by atoms with Gasteiger partial charge in [0.05, 0.1) is 12.2 Å². The lowest BCUT2D eigenvalue weighted by molar-refractivity contribution is 0.0203. The van der Waals surface area contributed by atoms with Gasteiger partial charge in [-0.1, -0.05) is 0 Å². The number of ether oxygens (including phenoxy) is 2. The van der Waals surface area contributed by atoms with E-state index in [9.17, 15) is 0 Å². The van der Waals surface area contributed by atoms with Crippen LogP contribution in [0.4, 0.5) is 0 Å². The van der Waals surface area contributed by atoms with Gasteiger partial charge in [-0.2, -0.15) is 5.10 Å². The number of aromatic nitrogens is 2. The van der Waals surface area contributed by atoms with Crippen molar-refractivity contribution < 1.29 is 9.47 Å². The number of aliphatic imine (C=N–C) groups is 1. The molecule has 0 atom stereocenters. The second-order valence-corrected chi connectivity index (χ2v) is 5.42. The first-order chi connectivity index (χ1) is 10.9. The molecular weight excluding hydrogens is 282 g/mol. The van der Waals surface area contributed by atoms with Crippen LogP contribution < -0.4 is 10.6 Å². The fourth-order valence-corrected chi connectivity index (χ4v) is 2.33. The van der Waals surface area contributed by atoms with Gasteiger partial charge in [0.1, 0.15) is 0 Å². The number of hydrogen-bond acceptors (Lipinski definition) is 4. The monoisotopic (exact) mass is 309 g/mol. The van der Waals surface area contributed by atoms with Crippen molar-refractivity contribution in [2.24, 2.45) is 10.9 Å². The van der Waals surface area contributed by atoms with E-state index in [-0.39, 0.29) is 0 Å². The van der Waals surface area contributed by atoms with E-state index in [4.69, 9.17) is 9.47 Å². The third kappa shape index (κ3) is 6.44. The molecule has 22 heavy (non-hydrogen) atoms. The maximum Gasteiger partial charge on any atom is 0.191 e. The van der Waals surface area contributed by atoms with Crippen LogP contribution in [0.1, 0.15) is 25.0 Å². The van der Waals surface area contributed by atoms with Crippen molar-refractivity contribution in [1.82, 2.24) is 20.8 Å². The van der Waals surface area contributed by atoms with Crippen LogP contribution in [0.5, 0.6) is 0 Å². The molecule has 0 radical (unpaired) electrons. The summed E-state index contributed by atoms with van der Waals surface area (Å²) in [5, 5.41) is 13.3. The average Bonchev–Trinajstić information content (AvgIpc) is 3.08. The first kappa shape index (κ1) is 16.8. The standard InChI is InChI=1S/C15H27N5O2/c1-16-15(18-11-14-3-7-19-20-14)17-6-2-8-22-12-13-4-9-21-10-5-13/h3,7,13H,2,4-6,8-12H2,1H3,(H,19,20)(H2,16,17,18).